The van der Waals surface area contributed by atoms with Gasteiger partial charge in [0.05, 0.1) is 17.9 Å². The lowest BCUT2D eigenvalue weighted by Gasteiger charge is -2.47. The molecule has 0 saturated carbocycles. The highest BCUT2D eigenvalue weighted by Crippen LogP contribution is 2.51. The Morgan fingerprint density at radius 2 is 2.00 bits per heavy atom. The average molecular weight is 471 g/mol. The molecule has 0 saturated heterocycles. The molecule has 0 spiro atoms. The van der Waals surface area contributed by atoms with Crippen molar-refractivity contribution in [3.05, 3.63) is 58.9 Å². The molecular weight excluding hydrogens is 446 g/mol. The molecule has 0 radical (unpaired) electrons. The number of nitrogens with two attached hydrogens (primary N) is 1. The number of rotatable bonds is 4. The number of nitriles is 1. The van der Waals surface area contributed by atoms with Crippen LogP contribution in [0.5, 0.6) is 0 Å². The first-order chi connectivity index (χ1) is 15.4. The molecule has 1 aliphatic rings. The highest BCUT2D eigenvalue weighted by atomic mass is 32.2. The van der Waals surface area contributed by atoms with Crippen LogP contribution in [0.25, 0.3) is 11.9 Å². The van der Waals surface area contributed by atoms with E-state index in [-0.39, 0.29) is 28.0 Å². The number of hydrogen-bond donors (Lipinski definition) is 1. The smallest absolute Gasteiger partial charge is 0.238 e. The minimum absolute atomic E-state index is 0.0556. The molecule has 3 atom stereocenters. The second kappa shape index (κ2) is 8.90. The number of carbonyl (C=O) groups is 1. The van der Waals surface area contributed by atoms with Crippen LogP contribution < -0.4 is 5.73 Å². The molecule has 1 aromatic heterocycles. The maximum absolute atomic E-state index is 15.1. The molecule has 10 heteroatoms. The van der Waals surface area contributed by atoms with Crippen LogP contribution in [0, 0.1) is 23.1 Å². The summed E-state index contributed by atoms with van der Waals surface area (Å²) in [6.07, 6.45) is 3.52. The van der Waals surface area contributed by atoms with Crippen LogP contribution in [0.1, 0.15) is 43.3 Å². The monoisotopic (exact) mass is 470 g/mol. The molecule has 33 heavy (non-hydrogen) atoms. The molecule has 172 valence electrons. The van der Waals surface area contributed by atoms with Gasteiger partial charge in [-0.2, -0.15) is 5.26 Å². The fraction of sp³-hybridized carbons (Fsp3) is 0.348. The highest BCUT2D eigenvalue weighted by Gasteiger charge is 2.54. The number of nitrogens with zero attached hydrogens (tertiary/aromatic N) is 5. The van der Waals surface area contributed by atoms with Crippen molar-refractivity contribution in [3.8, 4) is 6.07 Å². The number of carbonyl (C=O) groups excluding carboxylic acids is 1. The Hall–Kier alpha value is -3.32. The van der Waals surface area contributed by atoms with E-state index in [1.54, 1.807) is 27.9 Å². The summed E-state index contributed by atoms with van der Waals surface area (Å²) in [5.41, 5.74) is 5.51. The van der Waals surface area contributed by atoms with Crippen LogP contribution in [-0.4, -0.2) is 44.8 Å². The van der Waals surface area contributed by atoms with Crippen molar-refractivity contribution >= 4 is 34.7 Å². The van der Waals surface area contributed by atoms with Crippen molar-refractivity contribution in [3.63, 3.8) is 0 Å². The molecule has 2 N–H and O–H groups in total. The molecular formula is C23H24F2N6OS. The molecule has 1 amide bonds. The number of benzene rings is 1. The molecule has 2 aromatic rings. The number of aromatic nitrogens is 2. The first-order valence-corrected chi connectivity index (χ1v) is 10.9. The van der Waals surface area contributed by atoms with Crippen molar-refractivity contribution in [2.45, 2.75) is 31.1 Å². The van der Waals surface area contributed by atoms with E-state index in [1.807, 2.05) is 13.0 Å². The van der Waals surface area contributed by atoms with Crippen molar-refractivity contribution in [2.75, 3.05) is 14.1 Å². The Labute approximate surface area is 195 Å². The third-order valence-corrected chi connectivity index (χ3v) is 7.25. The number of hydrogen-bond acceptors (Lipinski definition) is 7. The van der Waals surface area contributed by atoms with Gasteiger partial charge in [-0.25, -0.2) is 18.7 Å². The van der Waals surface area contributed by atoms with E-state index in [4.69, 9.17) is 11.0 Å². The Balaban J connectivity index is 2.07. The molecule has 2 heterocycles. The summed E-state index contributed by atoms with van der Waals surface area (Å²) in [5.74, 6) is -1.84. The first-order valence-electron chi connectivity index (χ1n) is 10.1. The molecule has 0 unspecified atom stereocenters. The third kappa shape index (κ3) is 4.46. The lowest BCUT2D eigenvalue weighted by molar-refractivity contribution is -0.132. The zero-order valence-corrected chi connectivity index (χ0v) is 19.7. The SMILES string of the molecule is C[C@@H]1[C@@](C)(C(=O)N(C)C)SC(N)=N[C@]1(C)c1cc(/C=C(\F)c2cnc(C#N)cn2)ccc1F. The second-order valence-corrected chi connectivity index (χ2v) is 9.83. The molecule has 0 bridgehead atoms. The summed E-state index contributed by atoms with van der Waals surface area (Å²) < 4.78 is 28.9. The normalized spacial score (nSPS) is 25.2. The number of thioether (sulfide) groups is 1. The van der Waals surface area contributed by atoms with Crippen LogP contribution in [0.4, 0.5) is 8.78 Å². The zero-order valence-electron chi connectivity index (χ0n) is 18.9. The molecule has 1 aromatic carbocycles. The Morgan fingerprint density at radius 3 is 2.58 bits per heavy atom. The van der Waals surface area contributed by atoms with Crippen LogP contribution in [0.15, 0.2) is 35.6 Å². The van der Waals surface area contributed by atoms with Gasteiger partial charge in [-0.3, -0.25) is 9.79 Å². The highest BCUT2D eigenvalue weighted by molar-refractivity contribution is 8.15. The fourth-order valence-corrected chi connectivity index (χ4v) is 5.25. The fourth-order valence-electron chi connectivity index (χ4n) is 3.91. The van der Waals surface area contributed by atoms with Gasteiger partial charge in [0.1, 0.15) is 22.3 Å². The van der Waals surface area contributed by atoms with Gasteiger partial charge in [0.25, 0.3) is 0 Å². The minimum atomic E-state index is -1.17. The maximum atomic E-state index is 15.1. The average Bonchev–Trinajstić information content (AvgIpc) is 2.78. The summed E-state index contributed by atoms with van der Waals surface area (Å²) in [7, 11) is 3.31. The minimum Gasteiger partial charge on any atom is -0.378 e. The van der Waals surface area contributed by atoms with Crippen LogP contribution in [0.3, 0.4) is 0 Å². The predicted molar refractivity (Wildman–Crippen MR) is 125 cm³/mol. The van der Waals surface area contributed by atoms with Gasteiger partial charge in [-0.15, -0.1) is 0 Å². The predicted octanol–water partition coefficient (Wildman–Crippen LogP) is 3.71. The van der Waals surface area contributed by atoms with E-state index in [0.717, 1.165) is 18.0 Å². The van der Waals surface area contributed by atoms with Crippen molar-refractivity contribution in [2.24, 2.45) is 16.6 Å². The van der Waals surface area contributed by atoms with Crippen molar-refractivity contribution in [1.82, 2.24) is 14.9 Å². The summed E-state index contributed by atoms with van der Waals surface area (Å²) in [6, 6.07) is 5.97. The number of amidine groups is 1. The van der Waals surface area contributed by atoms with E-state index < -0.39 is 27.8 Å². The van der Waals surface area contributed by atoms with Gasteiger partial charge in [-0.1, -0.05) is 24.8 Å². The lowest BCUT2D eigenvalue weighted by Crippen LogP contribution is -2.56. The Kier molecular flexibility index (Phi) is 6.56. The maximum Gasteiger partial charge on any atom is 0.238 e. The summed E-state index contributed by atoms with van der Waals surface area (Å²) in [4.78, 5) is 26.7. The van der Waals surface area contributed by atoms with Crippen molar-refractivity contribution < 1.29 is 13.6 Å². The van der Waals surface area contributed by atoms with Crippen molar-refractivity contribution in [1.29, 1.82) is 5.26 Å². The van der Waals surface area contributed by atoms with Gasteiger partial charge in [0, 0.05) is 25.6 Å². The summed E-state index contributed by atoms with van der Waals surface area (Å²) >= 11 is 1.16. The number of halogens is 2. The molecule has 0 aliphatic carbocycles. The van der Waals surface area contributed by atoms with Crippen LogP contribution in [0.2, 0.25) is 0 Å². The molecule has 0 fully saturated rings. The first kappa shape index (κ1) is 24.3. The summed E-state index contributed by atoms with van der Waals surface area (Å²) in [5, 5.41) is 8.98. The molecule has 1 aliphatic heterocycles. The van der Waals surface area contributed by atoms with E-state index in [0.29, 0.717) is 5.56 Å². The van der Waals surface area contributed by atoms with E-state index in [9.17, 15) is 9.18 Å². The Morgan fingerprint density at radius 1 is 1.30 bits per heavy atom. The van der Waals surface area contributed by atoms with Crippen LogP contribution in [-0.2, 0) is 10.3 Å². The van der Waals surface area contributed by atoms with Gasteiger partial charge >= 0.3 is 0 Å². The largest absolute Gasteiger partial charge is 0.378 e. The van der Waals surface area contributed by atoms with E-state index in [1.165, 1.54) is 35.4 Å². The van der Waals surface area contributed by atoms with Gasteiger partial charge in [-0.05, 0) is 37.6 Å². The standard InChI is InChI=1S/C23H24F2N6OS/c1-13-22(2,30-21(27)33-23(13,3)20(32)31(4)5)16-8-14(6-7-17(16)24)9-18(25)19-12-28-15(10-26)11-29-19/h6-9,11-13H,1-5H3,(H2,27,30)/b18-9-/t13-,22-,23-/m0/s1. The quantitative estimate of drug-likeness (QED) is 0.730. The van der Waals surface area contributed by atoms with Gasteiger partial charge < -0.3 is 10.6 Å². The topological polar surface area (TPSA) is 108 Å². The second-order valence-electron chi connectivity index (χ2n) is 8.36. The molecule has 3 rings (SSSR count). The third-order valence-electron chi connectivity index (χ3n) is 6.00. The van der Waals surface area contributed by atoms with E-state index in [2.05, 4.69) is 15.0 Å². The lowest BCUT2D eigenvalue weighted by atomic mass is 9.73. The Bertz CT molecular complexity index is 1190. The zero-order chi connectivity index (χ0) is 24.6. The van der Waals surface area contributed by atoms with Gasteiger partial charge in [0.2, 0.25) is 5.91 Å². The van der Waals surface area contributed by atoms with E-state index >= 15 is 4.39 Å². The molecule has 7 nitrogen and oxygen atoms in total. The summed E-state index contributed by atoms with van der Waals surface area (Å²) in [6.45, 7) is 5.33. The van der Waals surface area contributed by atoms with Gasteiger partial charge in [0.15, 0.2) is 16.7 Å². The van der Waals surface area contributed by atoms with Crippen LogP contribution >= 0.6 is 11.8 Å². The number of amides is 1. The number of aliphatic imine (C=N–C) groups is 1.